The molecular formula is C14H20N2O3Si. The zero-order valence-corrected chi connectivity index (χ0v) is 13.5. The van der Waals surface area contributed by atoms with E-state index in [0.29, 0.717) is 0 Å². The Bertz CT molecular complexity index is 656. The fourth-order valence-electron chi connectivity index (χ4n) is 1.73. The Hall–Kier alpha value is -1.82. The van der Waals surface area contributed by atoms with Crippen molar-refractivity contribution >= 4 is 25.0 Å². The number of nitrogens with zero attached hydrogens (tertiary/aromatic N) is 1. The molecule has 0 unspecified atom stereocenters. The summed E-state index contributed by atoms with van der Waals surface area (Å²) in [5.74, 6) is 0.713. The summed E-state index contributed by atoms with van der Waals surface area (Å²) in [5, 5.41) is 11.7. The molecule has 0 spiro atoms. The Labute approximate surface area is 119 Å². The van der Waals surface area contributed by atoms with Crippen LogP contribution in [0.3, 0.4) is 0 Å². The average Bonchev–Trinajstić information content (AvgIpc) is 2.72. The summed E-state index contributed by atoms with van der Waals surface area (Å²) in [6.07, 6.45) is 0. The topological polar surface area (TPSA) is 68.2 Å². The van der Waals surface area contributed by atoms with E-state index in [1.54, 1.807) is 0 Å². The van der Waals surface area contributed by atoms with Crippen molar-refractivity contribution in [1.82, 2.24) is 4.98 Å². The van der Waals surface area contributed by atoms with E-state index in [1.165, 1.54) is 6.07 Å². The molecule has 0 fully saturated rings. The highest BCUT2D eigenvalue weighted by atomic mass is 28.4. The molecule has 0 saturated heterocycles. The number of H-pyrrole nitrogens is 1. The molecule has 108 valence electrons. The van der Waals surface area contributed by atoms with Gasteiger partial charge >= 0.3 is 5.82 Å². The fraction of sp³-hybridized carbons (Fsp3) is 0.429. The molecule has 0 aliphatic heterocycles. The van der Waals surface area contributed by atoms with Gasteiger partial charge in [0.05, 0.1) is 5.39 Å². The first kappa shape index (κ1) is 14.6. The van der Waals surface area contributed by atoms with Crippen LogP contribution in [-0.4, -0.2) is 18.2 Å². The number of nitro groups is 1. The van der Waals surface area contributed by atoms with Crippen LogP contribution in [0, 0.1) is 10.1 Å². The van der Waals surface area contributed by atoms with Crippen LogP contribution in [0.5, 0.6) is 5.75 Å². The molecule has 0 aliphatic rings. The van der Waals surface area contributed by atoms with Crippen LogP contribution in [0.4, 0.5) is 5.82 Å². The second-order valence-corrected chi connectivity index (χ2v) is 11.2. The third-order valence-corrected chi connectivity index (χ3v) is 8.32. The van der Waals surface area contributed by atoms with Gasteiger partial charge in [0.1, 0.15) is 11.3 Å². The van der Waals surface area contributed by atoms with Crippen LogP contribution < -0.4 is 4.43 Å². The van der Waals surface area contributed by atoms with Crippen molar-refractivity contribution in [3.63, 3.8) is 0 Å². The third kappa shape index (κ3) is 2.56. The summed E-state index contributed by atoms with van der Waals surface area (Å²) in [5.41, 5.74) is 0.730. The molecule has 0 amide bonds. The lowest BCUT2D eigenvalue weighted by Crippen LogP contribution is -2.43. The summed E-state index contributed by atoms with van der Waals surface area (Å²) in [6, 6.07) is 7.09. The zero-order chi connectivity index (χ0) is 15.1. The number of fused-ring (bicyclic) bond motifs is 1. The molecule has 2 aromatic rings. The molecule has 1 N–H and O–H groups in total. The minimum absolute atomic E-state index is 0.00807. The molecule has 1 heterocycles. The lowest BCUT2D eigenvalue weighted by molar-refractivity contribution is -0.389. The Morgan fingerprint density at radius 3 is 2.50 bits per heavy atom. The number of benzene rings is 1. The van der Waals surface area contributed by atoms with E-state index in [-0.39, 0.29) is 10.9 Å². The zero-order valence-electron chi connectivity index (χ0n) is 12.5. The second kappa shape index (κ2) is 4.62. The third-order valence-electron chi connectivity index (χ3n) is 3.98. The molecule has 5 nitrogen and oxygen atoms in total. The van der Waals surface area contributed by atoms with E-state index in [0.717, 1.165) is 16.7 Å². The van der Waals surface area contributed by atoms with Gasteiger partial charge < -0.3 is 14.5 Å². The van der Waals surface area contributed by atoms with E-state index in [2.05, 4.69) is 38.8 Å². The highest BCUT2D eigenvalue weighted by Crippen LogP contribution is 2.39. The smallest absolute Gasteiger partial charge is 0.322 e. The van der Waals surface area contributed by atoms with Gasteiger partial charge in [0, 0.05) is 6.07 Å². The second-order valence-electron chi connectivity index (χ2n) is 6.49. The average molecular weight is 292 g/mol. The van der Waals surface area contributed by atoms with Gasteiger partial charge in [-0.15, -0.1) is 0 Å². The monoisotopic (exact) mass is 292 g/mol. The Balaban J connectivity index is 2.48. The molecule has 6 heteroatoms. The number of nitrogens with one attached hydrogen (secondary N) is 1. The first-order chi connectivity index (χ1) is 9.12. The number of hydrogen-bond donors (Lipinski definition) is 1. The van der Waals surface area contributed by atoms with Gasteiger partial charge in [-0.25, -0.2) is 4.98 Å². The maximum absolute atomic E-state index is 10.9. The van der Waals surface area contributed by atoms with Gasteiger partial charge in [-0.2, -0.15) is 0 Å². The Morgan fingerprint density at radius 2 is 1.95 bits per heavy atom. The van der Waals surface area contributed by atoms with Crippen LogP contribution in [0.1, 0.15) is 20.8 Å². The highest BCUT2D eigenvalue weighted by molar-refractivity contribution is 6.74. The van der Waals surface area contributed by atoms with E-state index >= 15 is 0 Å². The van der Waals surface area contributed by atoms with Crippen LogP contribution in [0.15, 0.2) is 24.3 Å². The lowest BCUT2D eigenvalue weighted by atomic mass is 10.2. The molecule has 0 bridgehead atoms. The first-order valence-electron chi connectivity index (χ1n) is 6.57. The quantitative estimate of drug-likeness (QED) is 0.516. The van der Waals surface area contributed by atoms with Gasteiger partial charge in [0.25, 0.3) is 8.32 Å². The van der Waals surface area contributed by atoms with Crippen molar-refractivity contribution in [2.45, 2.75) is 38.9 Å². The van der Waals surface area contributed by atoms with E-state index in [9.17, 15) is 10.1 Å². The minimum atomic E-state index is -1.96. The molecule has 0 atom stereocenters. The maximum Gasteiger partial charge on any atom is 0.322 e. The van der Waals surface area contributed by atoms with Crippen LogP contribution in [-0.2, 0) is 0 Å². The van der Waals surface area contributed by atoms with Crippen LogP contribution >= 0.6 is 0 Å². The van der Waals surface area contributed by atoms with Gasteiger partial charge in [0.15, 0.2) is 0 Å². The van der Waals surface area contributed by atoms with Gasteiger partial charge in [-0.3, -0.25) is 0 Å². The van der Waals surface area contributed by atoms with E-state index in [1.807, 2.05) is 18.2 Å². The van der Waals surface area contributed by atoms with Crippen molar-refractivity contribution in [3.05, 3.63) is 34.4 Å². The summed E-state index contributed by atoms with van der Waals surface area (Å²) < 4.78 is 6.27. The van der Waals surface area contributed by atoms with Crippen molar-refractivity contribution in [2.24, 2.45) is 0 Å². The number of rotatable bonds is 3. The van der Waals surface area contributed by atoms with Crippen LogP contribution in [0.2, 0.25) is 18.1 Å². The lowest BCUT2D eigenvalue weighted by Gasteiger charge is -2.36. The molecule has 1 aromatic carbocycles. The molecule has 20 heavy (non-hydrogen) atoms. The summed E-state index contributed by atoms with van der Waals surface area (Å²) in [6.45, 7) is 10.8. The molecule has 1 aromatic heterocycles. The van der Waals surface area contributed by atoms with Gasteiger partial charge in [-0.05, 0) is 35.2 Å². The van der Waals surface area contributed by atoms with Gasteiger partial charge in [0.2, 0.25) is 0 Å². The normalized spacial score (nSPS) is 12.7. The Kier molecular flexibility index (Phi) is 3.37. The molecule has 0 aliphatic carbocycles. The standard InChI is InChI=1S/C14H20N2O3Si/c1-14(2,3)20(4,5)19-12-8-6-7-11-10(12)9-13(15-11)16(17)18/h6-9,15H,1-5H3. The minimum Gasteiger partial charge on any atom is -0.543 e. The summed E-state index contributed by atoms with van der Waals surface area (Å²) >= 11 is 0. The molecular weight excluding hydrogens is 272 g/mol. The van der Waals surface area contributed by atoms with E-state index < -0.39 is 13.2 Å². The largest absolute Gasteiger partial charge is 0.543 e. The van der Waals surface area contributed by atoms with Crippen molar-refractivity contribution < 1.29 is 9.35 Å². The SMILES string of the molecule is CC(C)(C)[Si](C)(C)Oc1cccc2[nH]c([N+](=O)[O-])cc12. The number of aromatic amines is 1. The van der Waals surface area contributed by atoms with Crippen molar-refractivity contribution in [2.75, 3.05) is 0 Å². The Morgan fingerprint density at radius 1 is 1.30 bits per heavy atom. The molecule has 2 rings (SSSR count). The highest BCUT2D eigenvalue weighted by Gasteiger charge is 2.39. The van der Waals surface area contributed by atoms with Crippen molar-refractivity contribution in [3.8, 4) is 5.75 Å². The van der Waals surface area contributed by atoms with E-state index in [4.69, 9.17) is 4.43 Å². The predicted octanol–water partition coefficient (Wildman–Crippen LogP) is 4.46. The van der Waals surface area contributed by atoms with Crippen LogP contribution in [0.25, 0.3) is 10.9 Å². The van der Waals surface area contributed by atoms with Crippen molar-refractivity contribution in [1.29, 1.82) is 0 Å². The van der Waals surface area contributed by atoms with Gasteiger partial charge in [-0.1, -0.05) is 26.8 Å². The fourth-order valence-corrected chi connectivity index (χ4v) is 2.76. The predicted molar refractivity (Wildman–Crippen MR) is 82.8 cm³/mol. The summed E-state index contributed by atoms with van der Waals surface area (Å²) in [7, 11) is -1.96. The molecule has 0 radical (unpaired) electrons. The summed E-state index contributed by atoms with van der Waals surface area (Å²) in [4.78, 5) is 13.2. The first-order valence-corrected chi connectivity index (χ1v) is 9.48. The molecule has 0 saturated carbocycles. The number of aromatic nitrogens is 1. The maximum atomic E-state index is 10.9. The number of hydrogen-bond acceptors (Lipinski definition) is 3.